The fourth-order valence-electron chi connectivity index (χ4n) is 1.71. The van der Waals surface area contributed by atoms with Gasteiger partial charge in [0, 0.05) is 10.9 Å². The smallest absolute Gasteiger partial charge is 0.00745 e. The van der Waals surface area contributed by atoms with Crippen LogP contribution in [0.4, 0.5) is 0 Å². The highest BCUT2D eigenvalue weighted by molar-refractivity contribution is 7.98. The van der Waals surface area contributed by atoms with E-state index < -0.39 is 0 Å². The van der Waals surface area contributed by atoms with Crippen molar-refractivity contribution < 1.29 is 0 Å². The van der Waals surface area contributed by atoms with Gasteiger partial charge in [-0.1, -0.05) is 6.07 Å². The largest absolute Gasteiger partial charge is 0.328 e. The third-order valence-electron chi connectivity index (χ3n) is 2.47. The Hall–Kier alpha value is -0.470. The summed E-state index contributed by atoms with van der Waals surface area (Å²) < 4.78 is 0. The lowest BCUT2D eigenvalue weighted by Gasteiger charge is -2.07. The van der Waals surface area contributed by atoms with Crippen LogP contribution in [0.1, 0.15) is 30.9 Å². The molecular weight excluding hydrogens is 202 g/mol. The van der Waals surface area contributed by atoms with E-state index in [4.69, 9.17) is 5.73 Å². The van der Waals surface area contributed by atoms with Gasteiger partial charge < -0.3 is 5.73 Å². The molecule has 0 aliphatic rings. The van der Waals surface area contributed by atoms with Gasteiger partial charge >= 0.3 is 0 Å². The maximum atomic E-state index is 5.74. The molecule has 1 nitrogen and oxygen atoms in total. The molecule has 1 atom stereocenters. The number of thioether (sulfide) groups is 1. The van der Waals surface area contributed by atoms with Crippen molar-refractivity contribution in [1.82, 2.24) is 0 Å². The van der Waals surface area contributed by atoms with E-state index in [0.29, 0.717) is 6.04 Å². The highest BCUT2D eigenvalue weighted by Gasteiger charge is 1.99. The van der Waals surface area contributed by atoms with Crippen molar-refractivity contribution in [2.45, 2.75) is 44.0 Å². The molecule has 84 valence electrons. The Labute approximate surface area is 97.4 Å². The van der Waals surface area contributed by atoms with Gasteiger partial charge in [-0.15, -0.1) is 11.8 Å². The summed E-state index contributed by atoms with van der Waals surface area (Å²) in [5.74, 6) is 0. The average molecular weight is 223 g/mol. The van der Waals surface area contributed by atoms with Gasteiger partial charge in [-0.05, 0) is 62.6 Å². The normalized spacial score (nSPS) is 12.8. The third-order valence-corrected chi connectivity index (χ3v) is 3.18. The number of benzene rings is 1. The minimum atomic E-state index is 0.329. The molecule has 0 saturated carbocycles. The summed E-state index contributed by atoms with van der Waals surface area (Å²) >= 11 is 1.81. The Morgan fingerprint density at radius 3 is 2.67 bits per heavy atom. The molecular formula is C13H21NS. The number of hydrogen-bond donors (Lipinski definition) is 1. The fraction of sp³-hybridized carbons (Fsp3) is 0.538. The van der Waals surface area contributed by atoms with Gasteiger partial charge in [-0.2, -0.15) is 0 Å². The van der Waals surface area contributed by atoms with Crippen LogP contribution in [-0.2, 0) is 6.42 Å². The quantitative estimate of drug-likeness (QED) is 0.774. The Morgan fingerprint density at radius 1 is 1.33 bits per heavy atom. The van der Waals surface area contributed by atoms with E-state index in [2.05, 4.69) is 38.3 Å². The van der Waals surface area contributed by atoms with E-state index in [1.807, 2.05) is 11.8 Å². The Bertz CT molecular complexity index is 307. The first-order valence-electron chi connectivity index (χ1n) is 5.52. The number of hydrogen-bond acceptors (Lipinski definition) is 2. The number of aryl methyl sites for hydroxylation is 2. The Kier molecular flexibility index (Phi) is 5.20. The van der Waals surface area contributed by atoms with Gasteiger partial charge in [0.2, 0.25) is 0 Å². The van der Waals surface area contributed by atoms with Gasteiger partial charge in [-0.25, -0.2) is 0 Å². The molecule has 0 aliphatic heterocycles. The predicted octanol–water partition coefficient (Wildman–Crippen LogP) is 3.39. The van der Waals surface area contributed by atoms with Gasteiger partial charge in [0.15, 0.2) is 0 Å². The molecule has 0 bridgehead atoms. The molecule has 1 aromatic rings. The van der Waals surface area contributed by atoms with E-state index in [-0.39, 0.29) is 0 Å². The van der Waals surface area contributed by atoms with E-state index in [1.54, 1.807) is 0 Å². The predicted molar refractivity (Wildman–Crippen MR) is 69.5 cm³/mol. The molecule has 0 saturated heterocycles. The molecule has 0 radical (unpaired) electrons. The fourth-order valence-corrected chi connectivity index (χ4v) is 2.29. The van der Waals surface area contributed by atoms with Crippen LogP contribution in [0.3, 0.4) is 0 Å². The topological polar surface area (TPSA) is 26.0 Å². The second kappa shape index (κ2) is 6.19. The zero-order valence-corrected chi connectivity index (χ0v) is 10.7. The van der Waals surface area contributed by atoms with Crippen LogP contribution in [0, 0.1) is 6.92 Å². The van der Waals surface area contributed by atoms with Crippen molar-refractivity contribution in [1.29, 1.82) is 0 Å². The summed E-state index contributed by atoms with van der Waals surface area (Å²) in [4.78, 5) is 1.37. The first-order chi connectivity index (χ1) is 7.11. The lowest BCUT2D eigenvalue weighted by Crippen LogP contribution is -2.14. The van der Waals surface area contributed by atoms with E-state index in [1.165, 1.54) is 22.4 Å². The van der Waals surface area contributed by atoms with Crippen LogP contribution >= 0.6 is 11.8 Å². The molecule has 0 amide bonds. The summed E-state index contributed by atoms with van der Waals surface area (Å²) in [6.07, 6.45) is 5.58. The lowest BCUT2D eigenvalue weighted by molar-refractivity contribution is 0.624. The number of rotatable bonds is 5. The molecule has 15 heavy (non-hydrogen) atoms. The zero-order chi connectivity index (χ0) is 11.3. The number of nitrogens with two attached hydrogens (primary N) is 1. The summed E-state index contributed by atoms with van der Waals surface area (Å²) in [5.41, 5.74) is 8.54. The van der Waals surface area contributed by atoms with Crippen LogP contribution in [0.15, 0.2) is 23.1 Å². The van der Waals surface area contributed by atoms with Gasteiger partial charge in [-0.3, -0.25) is 0 Å². The molecule has 1 rings (SSSR count). The van der Waals surface area contributed by atoms with Gasteiger partial charge in [0.25, 0.3) is 0 Å². The van der Waals surface area contributed by atoms with Crippen LogP contribution < -0.4 is 5.73 Å². The zero-order valence-electron chi connectivity index (χ0n) is 9.92. The van der Waals surface area contributed by atoms with Crippen molar-refractivity contribution in [2.75, 3.05) is 6.26 Å². The lowest BCUT2D eigenvalue weighted by atomic mass is 10.0. The molecule has 1 aromatic carbocycles. The molecule has 0 fully saturated rings. The minimum absolute atomic E-state index is 0.329. The Balaban J connectivity index is 2.56. The van der Waals surface area contributed by atoms with Gasteiger partial charge in [0.05, 0.1) is 0 Å². The highest BCUT2D eigenvalue weighted by atomic mass is 32.2. The molecule has 0 aliphatic carbocycles. The van der Waals surface area contributed by atoms with Crippen molar-refractivity contribution >= 4 is 11.8 Å². The van der Waals surface area contributed by atoms with Crippen LogP contribution in [0.2, 0.25) is 0 Å². The van der Waals surface area contributed by atoms with E-state index in [9.17, 15) is 0 Å². The standard InChI is InChI=1S/C13H21NS/c1-10-7-12(6-4-5-11(2)14)9-13(8-10)15-3/h7-9,11H,4-6,14H2,1-3H3. The maximum Gasteiger partial charge on any atom is 0.00745 e. The van der Waals surface area contributed by atoms with Crippen molar-refractivity contribution in [2.24, 2.45) is 5.73 Å². The first-order valence-corrected chi connectivity index (χ1v) is 6.74. The first kappa shape index (κ1) is 12.6. The highest BCUT2D eigenvalue weighted by Crippen LogP contribution is 2.19. The van der Waals surface area contributed by atoms with Crippen LogP contribution in [0.25, 0.3) is 0 Å². The minimum Gasteiger partial charge on any atom is -0.328 e. The Morgan fingerprint density at radius 2 is 2.07 bits per heavy atom. The molecule has 2 heteroatoms. The van der Waals surface area contributed by atoms with Crippen molar-refractivity contribution in [3.8, 4) is 0 Å². The second-order valence-corrected chi connectivity index (χ2v) is 5.11. The summed E-state index contributed by atoms with van der Waals surface area (Å²) in [6.45, 7) is 4.23. The maximum absolute atomic E-state index is 5.74. The SMILES string of the molecule is CSc1cc(C)cc(CCCC(C)N)c1. The average Bonchev–Trinajstić information content (AvgIpc) is 2.16. The summed E-state index contributed by atoms with van der Waals surface area (Å²) in [5, 5.41) is 0. The summed E-state index contributed by atoms with van der Waals surface area (Å²) in [7, 11) is 0. The molecule has 0 spiro atoms. The van der Waals surface area contributed by atoms with Crippen LogP contribution in [-0.4, -0.2) is 12.3 Å². The summed E-state index contributed by atoms with van der Waals surface area (Å²) in [6, 6.07) is 7.13. The molecule has 0 heterocycles. The van der Waals surface area contributed by atoms with Crippen molar-refractivity contribution in [3.05, 3.63) is 29.3 Å². The molecule has 2 N–H and O–H groups in total. The molecule has 0 aromatic heterocycles. The molecule has 1 unspecified atom stereocenters. The second-order valence-electron chi connectivity index (χ2n) is 4.23. The van der Waals surface area contributed by atoms with Crippen molar-refractivity contribution in [3.63, 3.8) is 0 Å². The third kappa shape index (κ3) is 4.72. The van der Waals surface area contributed by atoms with E-state index >= 15 is 0 Å². The van der Waals surface area contributed by atoms with Crippen LogP contribution in [0.5, 0.6) is 0 Å². The van der Waals surface area contributed by atoms with E-state index in [0.717, 1.165) is 12.8 Å². The monoisotopic (exact) mass is 223 g/mol. The van der Waals surface area contributed by atoms with Gasteiger partial charge in [0.1, 0.15) is 0 Å².